The van der Waals surface area contributed by atoms with E-state index in [1.54, 1.807) is 22.7 Å². The van der Waals surface area contributed by atoms with Gasteiger partial charge in [0.25, 0.3) is 0 Å². The number of ether oxygens (including phenoxy) is 2. The topological polar surface area (TPSA) is 68.3 Å². The average molecular weight is 354 g/mol. The quantitative estimate of drug-likeness (QED) is 0.885. The molecule has 0 amide bonds. The molecule has 1 unspecified atom stereocenters. The van der Waals surface area contributed by atoms with Crippen LogP contribution in [0.15, 0.2) is 63.4 Å². The normalized spacial score (nSPS) is 22.3. The molecule has 2 aromatic heterocycles. The van der Waals surface area contributed by atoms with E-state index in [1.165, 1.54) is 0 Å². The van der Waals surface area contributed by atoms with Gasteiger partial charge in [0.15, 0.2) is 0 Å². The summed E-state index contributed by atoms with van der Waals surface area (Å²) in [6, 6.07) is 10.3. The van der Waals surface area contributed by atoms with Gasteiger partial charge in [0, 0.05) is 20.9 Å². The van der Waals surface area contributed by atoms with Crippen LogP contribution < -0.4 is 5.73 Å². The molecule has 0 spiro atoms. The summed E-state index contributed by atoms with van der Waals surface area (Å²) in [4.78, 5) is 2.21. The minimum atomic E-state index is -0.189. The highest BCUT2D eigenvalue weighted by Gasteiger charge is 2.36. The Labute approximate surface area is 147 Å². The first-order valence-corrected chi connectivity index (χ1v) is 9.20. The highest BCUT2D eigenvalue weighted by molar-refractivity contribution is 7.10. The summed E-state index contributed by atoms with van der Waals surface area (Å²) >= 11 is 3.27. The molecule has 0 bridgehead atoms. The molecule has 2 aromatic rings. The van der Waals surface area contributed by atoms with Gasteiger partial charge in [0.1, 0.15) is 17.4 Å². The Bertz CT molecular complexity index is 884. The Morgan fingerprint density at radius 1 is 1.21 bits per heavy atom. The lowest BCUT2D eigenvalue weighted by molar-refractivity contribution is 0.142. The van der Waals surface area contributed by atoms with Gasteiger partial charge in [0.05, 0.1) is 19.1 Å². The molecule has 0 fully saturated rings. The molecule has 2 N–H and O–H groups in total. The van der Waals surface area contributed by atoms with Crippen LogP contribution in [0.4, 0.5) is 0 Å². The maximum absolute atomic E-state index is 9.55. The van der Waals surface area contributed by atoms with E-state index in [1.807, 2.05) is 35.0 Å². The van der Waals surface area contributed by atoms with Crippen molar-refractivity contribution in [3.63, 3.8) is 0 Å². The van der Waals surface area contributed by atoms with Crippen molar-refractivity contribution in [1.29, 1.82) is 5.26 Å². The van der Waals surface area contributed by atoms with Crippen molar-refractivity contribution in [2.45, 2.75) is 5.92 Å². The van der Waals surface area contributed by atoms with Crippen LogP contribution in [0.3, 0.4) is 0 Å². The van der Waals surface area contributed by atoms with Crippen molar-refractivity contribution < 1.29 is 9.47 Å². The first kappa shape index (κ1) is 15.2. The van der Waals surface area contributed by atoms with E-state index >= 15 is 0 Å². The molecule has 4 rings (SSSR count). The van der Waals surface area contributed by atoms with Crippen LogP contribution in [-0.4, -0.2) is 13.2 Å². The van der Waals surface area contributed by atoms with Crippen LogP contribution in [-0.2, 0) is 9.47 Å². The van der Waals surface area contributed by atoms with Gasteiger partial charge in [-0.15, -0.1) is 22.7 Å². The molecule has 24 heavy (non-hydrogen) atoms. The molecule has 4 nitrogen and oxygen atoms in total. The van der Waals surface area contributed by atoms with Gasteiger partial charge in [0.2, 0.25) is 5.88 Å². The summed E-state index contributed by atoms with van der Waals surface area (Å²) in [6.45, 7) is 0.918. The maximum Gasteiger partial charge on any atom is 0.205 e. The number of allylic oxidation sites excluding steroid dienone is 1. The van der Waals surface area contributed by atoms with Crippen LogP contribution in [0, 0.1) is 11.3 Å². The van der Waals surface area contributed by atoms with Crippen LogP contribution in [0.25, 0.3) is 6.08 Å². The smallest absolute Gasteiger partial charge is 0.205 e. The lowest BCUT2D eigenvalue weighted by Gasteiger charge is -2.32. The summed E-state index contributed by atoms with van der Waals surface area (Å²) in [5.74, 6) is 0.754. The van der Waals surface area contributed by atoms with Gasteiger partial charge >= 0.3 is 0 Å². The number of hydrogen-bond donors (Lipinski definition) is 1. The average Bonchev–Trinajstić information content (AvgIpc) is 3.28. The van der Waals surface area contributed by atoms with Gasteiger partial charge < -0.3 is 15.2 Å². The fourth-order valence-electron chi connectivity index (χ4n) is 2.98. The standard InChI is InChI=1S/C18H14N2O2S2/c19-8-13-16(15-4-2-6-24-15)14-10-21-9-11(17(14)22-18(13)20)7-12-3-1-5-23-12/h1-7,16H,9-10,20H2. The van der Waals surface area contributed by atoms with Gasteiger partial charge in [-0.05, 0) is 29.0 Å². The molecule has 0 aromatic carbocycles. The predicted molar refractivity (Wildman–Crippen MR) is 95.1 cm³/mol. The summed E-state index contributed by atoms with van der Waals surface area (Å²) in [5.41, 5.74) is 8.45. The first-order chi connectivity index (χ1) is 11.8. The Morgan fingerprint density at radius 2 is 2.04 bits per heavy atom. The summed E-state index contributed by atoms with van der Waals surface area (Å²) < 4.78 is 11.6. The van der Waals surface area contributed by atoms with E-state index < -0.39 is 0 Å². The molecule has 0 aliphatic carbocycles. The molecular formula is C18H14N2O2S2. The zero-order valence-electron chi connectivity index (χ0n) is 12.7. The second-order valence-corrected chi connectivity index (χ2v) is 7.43. The molecule has 1 atom stereocenters. The van der Waals surface area contributed by atoms with Crippen molar-refractivity contribution in [2.24, 2.45) is 5.73 Å². The van der Waals surface area contributed by atoms with Gasteiger partial charge in [-0.3, -0.25) is 0 Å². The number of thiophene rings is 2. The van der Waals surface area contributed by atoms with Crippen LogP contribution in [0.1, 0.15) is 15.7 Å². The Morgan fingerprint density at radius 3 is 2.75 bits per heavy atom. The molecule has 6 heteroatoms. The van der Waals surface area contributed by atoms with Gasteiger partial charge in [-0.2, -0.15) is 5.26 Å². The summed E-state index contributed by atoms with van der Waals surface area (Å²) in [5, 5.41) is 13.6. The molecule has 120 valence electrons. The van der Waals surface area contributed by atoms with E-state index in [0.29, 0.717) is 18.8 Å². The predicted octanol–water partition coefficient (Wildman–Crippen LogP) is 3.99. The van der Waals surface area contributed by atoms with E-state index in [9.17, 15) is 5.26 Å². The molecule has 0 saturated carbocycles. The van der Waals surface area contributed by atoms with Crippen molar-refractivity contribution in [3.8, 4) is 6.07 Å². The van der Waals surface area contributed by atoms with E-state index in [0.717, 1.165) is 26.7 Å². The van der Waals surface area contributed by atoms with Crippen molar-refractivity contribution in [2.75, 3.05) is 13.2 Å². The number of hydrogen-bond acceptors (Lipinski definition) is 6. The number of nitrogens with two attached hydrogens (primary N) is 1. The molecular weight excluding hydrogens is 340 g/mol. The molecule has 0 saturated heterocycles. The Hall–Kier alpha value is -2.33. The number of nitrogens with zero attached hydrogens (tertiary/aromatic N) is 1. The lowest BCUT2D eigenvalue weighted by atomic mass is 9.85. The van der Waals surface area contributed by atoms with Crippen LogP contribution in [0.5, 0.6) is 0 Å². The molecule has 2 aliphatic heterocycles. The summed E-state index contributed by atoms with van der Waals surface area (Å²) in [7, 11) is 0. The number of rotatable bonds is 2. The Balaban J connectivity index is 1.84. The molecule has 0 radical (unpaired) electrons. The lowest BCUT2D eigenvalue weighted by Crippen LogP contribution is -2.27. The SMILES string of the molecule is N#CC1=C(N)OC2=C(COCC2=Cc2cccs2)C1c1cccs1. The minimum absolute atomic E-state index is 0.189. The van der Waals surface area contributed by atoms with Crippen molar-refractivity contribution >= 4 is 28.7 Å². The zero-order valence-corrected chi connectivity index (χ0v) is 14.3. The highest BCUT2D eigenvalue weighted by Crippen LogP contribution is 2.44. The third-order valence-corrected chi connectivity index (χ3v) is 5.78. The highest BCUT2D eigenvalue weighted by atomic mass is 32.1. The van der Waals surface area contributed by atoms with E-state index in [4.69, 9.17) is 15.2 Å². The van der Waals surface area contributed by atoms with Crippen LogP contribution >= 0.6 is 22.7 Å². The van der Waals surface area contributed by atoms with E-state index in [2.05, 4.69) is 12.1 Å². The van der Waals surface area contributed by atoms with Crippen molar-refractivity contribution in [3.05, 3.63) is 73.1 Å². The zero-order chi connectivity index (χ0) is 16.5. The Kier molecular flexibility index (Phi) is 3.98. The minimum Gasteiger partial charge on any atom is -0.440 e. The van der Waals surface area contributed by atoms with E-state index in [-0.39, 0.29) is 11.8 Å². The first-order valence-electron chi connectivity index (χ1n) is 7.44. The van der Waals surface area contributed by atoms with Gasteiger partial charge in [-0.25, -0.2) is 0 Å². The second-order valence-electron chi connectivity index (χ2n) is 5.47. The molecule has 2 aliphatic rings. The summed E-state index contributed by atoms with van der Waals surface area (Å²) in [6.07, 6.45) is 2.06. The maximum atomic E-state index is 9.55. The van der Waals surface area contributed by atoms with Crippen LogP contribution in [0.2, 0.25) is 0 Å². The van der Waals surface area contributed by atoms with Gasteiger partial charge in [-0.1, -0.05) is 12.1 Å². The van der Waals surface area contributed by atoms with Crippen molar-refractivity contribution in [1.82, 2.24) is 0 Å². The molecule has 4 heterocycles. The monoisotopic (exact) mass is 354 g/mol. The fraction of sp³-hybridized carbons (Fsp3) is 0.167. The third-order valence-electron chi connectivity index (χ3n) is 4.02. The fourth-order valence-corrected chi connectivity index (χ4v) is 4.53. The second kappa shape index (κ2) is 6.29. The third kappa shape index (κ3) is 2.57. The largest absolute Gasteiger partial charge is 0.440 e. The number of nitriles is 1.